The van der Waals surface area contributed by atoms with E-state index in [1.165, 1.54) is 0 Å². The second-order valence-corrected chi connectivity index (χ2v) is 6.92. The molecule has 128 valence electrons. The summed E-state index contributed by atoms with van der Waals surface area (Å²) in [5.74, 6) is -0.795. The van der Waals surface area contributed by atoms with Gasteiger partial charge in [0.15, 0.2) is 0 Å². The lowest BCUT2D eigenvalue weighted by Gasteiger charge is -2.13. The minimum atomic E-state index is -0.638. The van der Waals surface area contributed by atoms with Crippen molar-refractivity contribution in [2.75, 3.05) is 11.9 Å². The second kappa shape index (κ2) is 7.64. The molecule has 1 atom stereocenters. The lowest BCUT2D eigenvalue weighted by atomic mass is 10.1. The van der Waals surface area contributed by atoms with E-state index in [9.17, 15) is 14.4 Å². The summed E-state index contributed by atoms with van der Waals surface area (Å²) in [5.41, 5.74) is 1.57. The normalized spacial score (nSPS) is 16.7. The Morgan fingerprint density at radius 3 is 2.44 bits per heavy atom. The summed E-state index contributed by atoms with van der Waals surface area (Å²) in [4.78, 5) is 37.5. The molecule has 1 heterocycles. The van der Waals surface area contributed by atoms with Crippen molar-refractivity contribution in [3.63, 3.8) is 0 Å². The van der Waals surface area contributed by atoms with E-state index in [2.05, 4.69) is 33.2 Å². The Morgan fingerprint density at radius 2 is 1.76 bits per heavy atom. The quantitative estimate of drug-likeness (QED) is 0.544. The van der Waals surface area contributed by atoms with E-state index in [1.807, 2.05) is 42.5 Å². The van der Waals surface area contributed by atoms with Crippen LogP contribution in [0.5, 0.6) is 0 Å². The van der Waals surface area contributed by atoms with Crippen molar-refractivity contribution in [3.8, 4) is 0 Å². The number of nitrogens with one attached hydrogen (secondary N) is 2. The van der Waals surface area contributed by atoms with Gasteiger partial charge in [-0.1, -0.05) is 30.3 Å². The fourth-order valence-corrected chi connectivity index (χ4v) is 2.95. The maximum Gasteiger partial charge on any atom is 0.325 e. The maximum atomic E-state index is 12.4. The summed E-state index contributed by atoms with van der Waals surface area (Å²) in [6.45, 7) is -0.304. The van der Waals surface area contributed by atoms with Gasteiger partial charge in [0, 0.05) is 15.7 Å². The number of anilines is 1. The van der Waals surface area contributed by atoms with Gasteiger partial charge in [-0.05, 0) is 52.4 Å². The average Bonchev–Trinajstić information content (AvgIpc) is 2.85. The largest absolute Gasteiger partial charge is 0.325 e. The van der Waals surface area contributed by atoms with Crippen molar-refractivity contribution < 1.29 is 14.4 Å². The molecule has 1 aliphatic heterocycles. The van der Waals surface area contributed by atoms with Crippen LogP contribution in [0.2, 0.25) is 0 Å². The number of amides is 4. The topological polar surface area (TPSA) is 78.5 Å². The third kappa shape index (κ3) is 4.36. The van der Waals surface area contributed by atoms with Crippen molar-refractivity contribution in [2.45, 2.75) is 12.5 Å². The Bertz CT molecular complexity index is 793. The molecular weight excluding hydrogens is 433 g/mol. The molecule has 0 aliphatic carbocycles. The van der Waals surface area contributed by atoms with E-state index >= 15 is 0 Å². The molecule has 2 aromatic carbocycles. The Balaban J connectivity index is 1.60. The first kappa shape index (κ1) is 17.4. The van der Waals surface area contributed by atoms with Gasteiger partial charge in [-0.25, -0.2) is 4.79 Å². The van der Waals surface area contributed by atoms with E-state index in [0.29, 0.717) is 12.1 Å². The number of hydrogen-bond acceptors (Lipinski definition) is 3. The predicted molar refractivity (Wildman–Crippen MR) is 102 cm³/mol. The molecule has 0 aromatic heterocycles. The van der Waals surface area contributed by atoms with E-state index in [1.54, 1.807) is 12.1 Å². The number of benzene rings is 2. The van der Waals surface area contributed by atoms with Crippen molar-refractivity contribution >= 4 is 46.1 Å². The van der Waals surface area contributed by atoms with Gasteiger partial charge in [-0.15, -0.1) is 0 Å². The van der Waals surface area contributed by atoms with E-state index < -0.39 is 18.0 Å². The third-order valence-corrected chi connectivity index (χ3v) is 4.54. The molecule has 25 heavy (non-hydrogen) atoms. The SMILES string of the molecule is O=C(CN1C(=O)N[C@@H](Cc2ccccc2)C1=O)Nc1ccc(I)cc1. The van der Waals surface area contributed by atoms with Gasteiger partial charge in [0.1, 0.15) is 12.6 Å². The van der Waals surface area contributed by atoms with Crippen LogP contribution in [0.1, 0.15) is 5.56 Å². The van der Waals surface area contributed by atoms with Crippen LogP contribution in [0.25, 0.3) is 0 Å². The number of urea groups is 1. The summed E-state index contributed by atoms with van der Waals surface area (Å²) in [5, 5.41) is 5.32. The Kier molecular flexibility index (Phi) is 5.32. The molecule has 1 fully saturated rings. The smallest absolute Gasteiger partial charge is 0.325 e. The van der Waals surface area contributed by atoms with Gasteiger partial charge in [-0.3, -0.25) is 14.5 Å². The number of imide groups is 1. The molecule has 0 saturated carbocycles. The number of carbonyl (C=O) groups excluding carboxylic acids is 3. The van der Waals surface area contributed by atoms with Crippen molar-refractivity contribution in [3.05, 3.63) is 63.7 Å². The molecule has 7 heteroatoms. The molecule has 1 aliphatic rings. The van der Waals surface area contributed by atoms with Crippen LogP contribution < -0.4 is 10.6 Å². The minimum Gasteiger partial charge on any atom is -0.325 e. The van der Waals surface area contributed by atoms with Crippen LogP contribution in [0, 0.1) is 3.57 Å². The summed E-state index contributed by atoms with van der Waals surface area (Å²) in [6.07, 6.45) is 0.403. The first-order valence-corrected chi connectivity index (χ1v) is 8.82. The number of carbonyl (C=O) groups is 3. The number of halogens is 1. The zero-order chi connectivity index (χ0) is 17.8. The first-order chi connectivity index (χ1) is 12.0. The minimum absolute atomic E-state index is 0.304. The molecule has 1 saturated heterocycles. The number of nitrogens with zero attached hydrogens (tertiary/aromatic N) is 1. The van der Waals surface area contributed by atoms with E-state index in [4.69, 9.17) is 0 Å². The van der Waals surface area contributed by atoms with Crippen LogP contribution in [-0.2, 0) is 16.0 Å². The standard InChI is InChI=1S/C18H16IN3O3/c19-13-6-8-14(9-7-13)20-16(23)11-22-17(24)15(21-18(22)25)10-12-4-2-1-3-5-12/h1-9,15H,10-11H2,(H,20,23)(H,21,25)/t15-/m0/s1. The fourth-order valence-electron chi connectivity index (χ4n) is 2.59. The Hall–Kier alpha value is -2.42. The number of rotatable bonds is 5. The van der Waals surface area contributed by atoms with Crippen LogP contribution in [-0.4, -0.2) is 35.3 Å². The molecular formula is C18H16IN3O3. The summed E-state index contributed by atoms with van der Waals surface area (Å²) in [7, 11) is 0. The van der Waals surface area contributed by atoms with Gasteiger partial charge >= 0.3 is 6.03 Å². The molecule has 2 N–H and O–H groups in total. The predicted octanol–water partition coefficient (Wildman–Crippen LogP) is 2.39. The second-order valence-electron chi connectivity index (χ2n) is 5.67. The highest BCUT2D eigenvalue weighted by molar-refractivity contribution is 14.1. The number of hydrogen-bond donors (Lipinski definition) is 2. The summed E-state index contributed by atoms with van der Waals surface area (Å²) in [6, 6.07) is 15.5. The van der Waals surface area contributed by atoms with Crippen LogP contribution in [0.3, 0.4) is 0 Å². The maximum absolute atomic E-state index is 12.4. The van der Waals surface area contributed by atoms with Crippen LogP contribution in [0.4, 0.5) is 10.5 Å². The van der Waals surface area contributed by atoms with Gasteiger partial charge in [0.2, 0.25) is 5.91 Å². The molecule has 0 unspecified atom stereocenters. The molecule has 0 bridgehead atoms. The monoisotopic (exact) mass is 449 g/mol. The molecule has 0 radical (unpaired) electrons. The lowest BCUT2D eigenvalue weighted by molar-refractivity contribution is -0.130. The van der Waals surface area contributed by atoms with Crippen molar-refractivity contribution in [1.82, 2.24) is 10.2 Å². The summed E-state index contributed by atoms with van der Waals surface area (Å²) >= 11 is 2.17. The van der Waals surface area contributed by atoms with Crippen molar-refractivity contribution in [1.29, 1.82) is 0 Å². The fraction of sp³-hybridized carbons (Fsp3) is 0.167. The van der Waals surface area contributed by atoms with Gasteiger partial charge < -0.3 is 10.6 Å². The Labute approximate surface area is 158 Å². The third-order valence-electron chi connectivity index (χ3n) is 3.82. The summed E-state index contributed by atoms with van der Waals surface area (Å²) < 4.78 is 1.05. The average molecular weight is 449 g/mol. The van der Waals surface area contributed by atoms with E-state index in [-0.39, 0.29) is 12.5 Å². The van der Waals surface area contributed by atoms with Gasteiger partial charge in [0.05, 0.1) is 0 Å². The Morgan fingerprint density at radius 1 is 1.08 bits per heavy atom. The first-order valence-electron chi connectivity index (χ1n) is 7.74. The molecule has 2 aromatic rings. The van der Waals surface area contributed by atoms with Gasteiger partial charge in [-0.2, -0.15) is 0 Å². The molecule has 4 amide bonds. The van der Waals surface area contributed by atoms with Crippen LogP contribution >= 0.6 is 22.6 Å². The highest BCUT2D eigenvalue weighted by atomic mass is 127. The van der Waals surface area contributed by atoms with Crippen molar-refractivity contribution in [2.24, 2.45) is 0 Å². The lowest BCUT2D eigenvalue weighted by Crippen LogP contribution is -2.38. The zero-order valence-corrected chi connectivity index (χ0v) is 15.4. The molecule has 3 rings (SSSR count). The molecule has 0 spiro atoms. The van der Waals surface area contributed by atoms with E-state index in [0.717, 1.165) is 14.0 Å². The zero-order valence-electron chi connectivity index (χ0n) is 13.2. The van der Waals surface area contributed by atoms with Crippen LogP contribution in [0.15, 0.2) is 54.6 Å². The highest BCUT2D eigenvalue weighted by Gasteiger charge is 2.38. The highest BCUT2D eigenvalue weighted by Crippen LogP contribution is 2.14. The molecule has 6 nitrogen and oxygen atoms in total. The van der Waals surface area contributed by atoms with Gasteiger partial charge in [0.25, 0.3) is 5.91 Å².